The predicted octanol–water partition coefficient (Wildman–Crippen LogP) is 3.92. The van der Waals surface area contributed by atoms with E-state index < -0.39 is 0 Å². The van der Waals surface area contributed by atoms with E-state index in [1.807, 2.05) is 0 Å². The first-order valence-electron chi connectivity index (χ1n) is 6.08. The van der Waals surface area contributed by atoms with Crippen LogP contribution in [-0.2, 0) is 0 Å². The molecule has 0 aliphatic heterocycles. The summed E-state index contributed by atoms with van der Waals surface area (Å²) in [6, 6.07) is 11.9. The first-order chi connectivity index (χ1) is 7.27. The third-order valence-electron chi connectivity index (χ3n) is 2.88. The molecule has 1 rings (SSSR count). The molecule has 0 saturated carbocycles. The van der Waals surface area contributed by atoms with Gasteiger partial charge in [-0.1, -0.05) is 50.6 Å². The summed E-state index contributed by atoms with van der Waals surface area (Å²) in [5.74, 6) is 0. The minimum atomic E-state index is 0.520. The molecule has 1 aromatic rings. The van der Waals surface area contributed by atoms with Gasteiger partial charge in [0.15, 0.2) is 0 Å². The molecule has 1 N–H and O–H groups in total. The molecule has 1 aromatic carbocycles. The molecule has 0 bridgehead atoms. The lowest BCUT2D eigenvalue weighted by atomic mass is 10.0. The van der Waals surface area contributed by atoms with E-state index in [0.29, 0.717) is 12.1 Å². The first kappa shape index (κ1) is 12.3. The standard InChI is InChI=1S/C14H23N/c1-4-9-14(15-12(3)5-2)13-10-7-6-8-11-13/h6-8,10-12,14-15H,4-5,9H2,1-3H3. The van der Waals surface area contributed by atoms with Crippen molar-refractivity contribution in [3.8, 4) is 0 Å². The highest BCUT2D eigenvalue weighted by molar-refractivity contribution is 5.18. The van der Waals surface area contributed by atoms with Crippen LogP contribution in [0.1, 0.15) is 51.6 Å². The van der Waals surface area contributed by atoms with Gasteiger partial charge in [0.05, 0.1) is 0 Å². The van der Waals surface area contributed by atoms with Crippen molar-refractivity contribution in [2.75, 3.05) is 0 Å². The molecule has 0 heterocycles. The fourth-order valence-electron chi connectivity index (χ4n) is 1.78. The summed E-state index contributed by atoms with van der Waals surface area (Å²) in [5, 5.41) is 3.68. The Balaban J connectivity index is 2.65. The SMILES string of the molecule is CCCC(NC(C)CC)c1ccccc1. The molecule has 0 aliphatic carbocycles. The molecule has 2 unspecified atom stereocenters. The lowest BCUT2D eigenvalue weighted by molar-refractivity contribution is 0.423. The Hall–Kier alpha value is -0.820. The van der Waals surface area contributed by atoms with Gasteiger partial charge in [0.25, 0.3) is 0 Å². The highest BCUT2D eigenvalue weighted by Crippen LogP contribution is 2.19. The maximum absolute atomic E-state index is 3.68. The zero-order chi connectivity index (χ0) is 11.1. The summed E-state index contributed by atoms with van der Waals surface area (Å²) in [6.07, 6.45) is 3.63. The van der Waals surface area contributed by atoms with E-state index in [-0.39, 0.29) is 0 Å². The fraction of sp³-hybridized carbons (Fsp3) is 0.571. The maximum atomic E-state index is 3.68. The molecule has 1 nitrogen and oxygen atoms in total. The Morgan fingerprint density at radius 1 is 1.13 bits per heavy atom. The zero-order valence-electron chi connectivity index (χ0n) is 10.2. The van der Waals surface area contributed by atoms with Gasteiger partial charge in [-0.15, -0.1) is 0 Å². The lowest BCUT2D eigenvalue weighted by Crippen LogP contribution is -2.29. The zero-order valence-corrected chi connectivity index (χ0v) is 10.2. The third-order valence-corrected chi connectivity index (χ3v) is 2.88. The molecule has 0 amide bonds. The van der Waals surface area contributed by atoms with Crippen LogP contribution in [0.25, 0.3) is 0 Å². The van der Waals surface area contributed by atoms with Crippen molar-refractivity contribution >= 4 is 0 Å². The molecule has 0 aliphatic rings. The van der Waals surface area contributed by atoms with Gasteiger partial charge in [-0.2, -0.15) is 0 Å². The van der Waals surface area contributed by atoms with Crippen molar-refractivity contribution < 1.29 is 0 Å². The van der Waals surface area contributed by atoms with Crippen LogP contribution in [0.15, 0.2) is 30.3 Å². The van der Waals surface area contributed by atoms with Crippen molar-refractivity contribution in [2.45, 2.75) is 52.1 Å². The van der Waals surface area contributed by atoms with Gasteiger partial charge in [0, 0.05) is 12.1 Å². The van der Waals surface area contributed by atoms with Crippen LogP contribution in [-0.4, -0.2) is 6.04 Å². The summed E-state index contributed by atoms with van der Waals surface area (Å²) < 4.78 is 0. The number of hydrogen-bond acceptors (Lipinski definition) is 1. The third kappa shape index (κ3) is 4.05. The first-order valence-corrected chi connectivity index (χ1v) is 6.08. The summed E-state index contributed by atoms with van der Waals surface area (Å²) in [5.41, 5.74) is 1.42. The Morgan fingerprint density at radius 3 is 2.33 bits per heavy atom. The van der Waals surface area contributed by atoms with Crippen LogP contribution in [0.4, 0.5) is 0 Å². The van der Waals surface area contributed by atoms with E-state index in [0.717, 1.165) is 0 Å². The van der Waals surface area contributed by atoms with Crippen molar-refractivity contribution in [3.63, 3.8) is 0 Å². The van der Waals surface area contributed by atoms with Crippen LogP contribution in [0.2, 0.25) is 0 Å². The normalized spacial score (nSPS) is 14.9. The molecular weight excluding hydrogens is 182 g/mol. The van der Waals surface area contributed by atoms with Crippen molar-refractivity contribution in [1.29, 1.82) is 0 Å². The van der Waals surface area contributed by atoms with Gasteiger partial charge in [0.1, 0.15) is 0 Å². The number of rotatable bonds is 6. The van der Waals surface area contributed by atoms with E-state index in [4.69, 9.17) is 0 Å². The summed E-state index contributed by atoms with van der Waals surface area (Å²) in [4.78, 5) is 0. The van der Waals surface area contributed by atoms with E-state index in [9.17, 15) is 0 Å². The van der Waals surface area contributed by atoms with E-state index in [1.54, 1.807) is 0 Å². The second-order valence-corrected chi connectivity index (χ2v) is 4.23. The lowest BCUT2D eigenvalue weighted by Gasteiger charge is -2.22. The highest BCUT2D eigenvalue weighted by Gasteiger charge is 2.11. The Bertz CT molecular complexity index is 255. The molecular formula is C14H23N. The molecule has 15 heavy (non-hydrogen) atoms. The second-order valence-electron chi connectivity index (χ2n) is 4.23. The van der Waals surface area contributed by atoms with Gasteiger partial charge in [-0.3, -0.25) is 0 Å². The quantitative estimate of drug-likeness (QED) is 0.742. The highest BCUT2D eigenvalue weighted by atomic mass is 14.9. The van der Waals surface area contributed by atoms with Gasteiger partial charge < -0.3 is 5.32 Å². The maximum Gasteiger partial charge on any atom is 0.0322 e. The van der Waals surface area contributed by atoms with E-state index >= 15 is 0 Å². The van der Waals surface area contributed by atoms with Crippen molar-refractivity contribution in [3.05, 3.63) is 35.9 Å². The van der Waals surface area contributed by atoms with Crippen molar-refractivity contribution in [1.82, 2.24) is 5.32 Å². The van der Waals surface area contributed by atoms with Crippen molar-refractivity contribution in [2.24, 2.45) is 0 Å². The van der Waals surface area contributed by atoms with Crippen LogP contribution >= 0.6 is 0 Å². The van der Waals surface area contributed by atoms with Gasteiger partial charge >= 0.3 is 0 Å². The monoisotopic (exact) mass is 205 g/mol. The topological polar surface area (TPSA) is 12.0 Å². The van der Waals surface area contributed by atoms with Crippen LogP contribution in [0, 0.1) is 0 Å². The van der Waals surface area contributed by atoms with Gasteiger partial charge in [-0.25, -0.2) is 0 Å². The molecule has 84 valence electrons. The molecule has 0 spiro atoms. The number of nitrogens with one attached hydrogen (secondary N) is 1. The molecule has 2 atom stereocenters. The molecule has 0 aromatic heterocycles. The smallest absolute Gasteiger partial charge is 0.0322 e. The van der Waals surface area contributed by atoms with E-state index in [1.165, 1.54) is 24.8 Å². The minimum Gasteiger partial charge on any atom is -0.307 e. The summed E-state index contributed by atoms with van der Waals surface area (Å²) >= 11 is 0. The Labute approximate surface area is 93.9 Å². The summed E-state index contributed by atoms with van der Waals surface area (Å²) in [6.45, 7) is 6.73. The largest absolute Gasteiger partial charge is 0.307 e. The number of hydrogen-bond donors (Lipinski definition) is 1. The average molecular weight is 205 g/mol. The Morgan fingerprint density at radius 2 is 1.80 bits per heavy atom. The van der Waals surface area contributed by atoms with E-state index in [2.05, 4.69) is 56.4 Å². The molecule has 1 heteroatoms. The fourth-order valence-corrected chi connectivity index (χ4v) is 1.78. The van der Waals surface area contributed by atoms with Crippen LogP contribution in [0.5, 0.6) is 0 Å². The second kappa shape index (κ2) is 6.62. The Kier molecular flexibility index (Phi) is 5.41. The molecule has 0 radical (unpaired) electrons. The number of benzene rings is 1. The van der Waals surface area contributed by atoms with Gasteiger partial charge in [-0.05, 0) is 25.3 Å². The van der Waals surface area contributed by atoms with Gasteiger partial charge in [0.2, 0.25) is 0 Å². The van der Waals surface area contributed by atoms with Crippen LogP contribution in [0.3, 0.4) is 0 Å². The average Bonchev–Trinajstić information content (AvgIpc) is 2.29. The molecule has 0 fully saturated rings. The van der Waals surface area contributed by atoms with Crippen LogP contribution < -0.4 is 5.32 Å². The summed E-state index contributed by atoms with van der Waals surface area (Å²) in [7, 11) is 0. The minimum absolute atomic E-state index is 0.520. The predicted molar refractivity (Wildman–Crippen MR) is 67.0 cm³/mol. The molecule has 0 saturated heterocycles.